The molecular formula is C16H24ClN3O. The first-order valence-corrected chi connectivity index (χ1v) is 8.03. The van der Waals surface area contributed by atoms with Gasteiger partial charge in [0.15, 0.2) is 0 Å². The smallest absolute Gasteiger partial charge is 0.137 e. The van der Waals surface area contributed by atoms with E-state index >= 15 is 0 Å². The molecule has 21 heavy (non-hydrogen) atoms. The van der Waals surface area contributed by atoms with Crippen LogP contribution in [0.3, 0.4) is 0 Å². The number of hydrazine groups is 1. The summed E-state index contributed by atoms with van der Waals surface area (Å²) in [7, 11) is 3.90. The summed E-state index contributed by atoms with van der Waals surface area (Å²) >= 11 is 6.12. The minimum Gasteiger partial charge on any atom is -0.495 e. The second kappa shape index (κ2) is 6.13. The number of nitrogens with zero attached hydrogens (tertiary/aromatic N) is 1. The van der Waals surface area contributed by atoms with Crippen LogP contribution in [-0.4, -0.2) is 31.1 Å². The molecule has 4 nitrogen and oxygen atoms in total. The summed E-state index contributed by atoms with van der Waals surface area (Å²) in [6.45, 7) is 0. The van der Waals surface area contributed by atoms with Crippen molar-refractivity contribution in [1.82, 2.24) is 10.3 Å². The Morgan fingerprint density at radius 3 is 2.57 bits per heavy atom. The Morgan fingerprint density at radius 1 is 1.33 bits per heavy atom. The second-order valence-corrected chi connectivity index (χ2v) is 6.73. The molecular weight excluding hydrogens is 286 g/mol. The van der Waals surface area contributed by atoms with Crippen LogP contribution in [0, 0.1) is 5.92 Å². The number of hydrogen-bond acceptors (Lipinski definition) is 4. The molecule has 3 atom stereocenters. The van der Waals surface area contributed by atoms with E-state index < -0.39 is 0 Å². The lowest BCUT2D eigenvalue weighted by Crippen LogP contribution is -2.45. The van der Waals surface area contributed by atoms with Crippen LogP contribution in [0.25, 0.3) is 0 Å². The van der Waals surface area contributed by atoms with E-state index in [9.17, 15) is 0 Å². The number of nitrogens with two attached hydrogens (primary N) is 1. The summed E-state index contributed by atoms with van der Waals surface area (Å²) < 4.78 is 5.33. The van der Waals surface area contributed by atoms with E-state index in [2.05, 4.69) is 23.4 Å². The quantitative estimate of drug-likeness (QED) is 0.663. The third kappa shape index (κ3) is 2.78. The van der Waals surface area contributed by atoms with Crippen molar-refractivity contribution in [2.24, 2.45) is 11.8 Å². The van der Waals surface area contributed by atoms with Crippen molar-refractivity contribution in [1.29, 1.82) is 0 Å². The zero-order valence-corrected chi connectivity index (χ0v) is 13.4. The highest BCUT2D eigenvalue weighted by Crippen LogP contribution is 2.43. The van der Waals surface area contributed by atoms with Gasteiger partial charge in [-0.1, -0.05) is 17.7 Å². The molecule has 0 aliphatic carbocycles. The fourth-order valence-corrected chi connectivity index (χ4v) is 4.29. The number of halogens is 1. The Kier molecular flexibility index (Phi) is 4.41. The summed E-state index contributed by atoms with van der Waals surface area (Å²) in [6, 6.07) is 7.53. The third-order valence-electron chi connectivity index (χ3n) is 5.32. The van der Waals surface area contributed by atoms with E-state index in [1.807, 2.05) is 12.1 Å². The molecule has 3 N–H and O–H groups in total. The highest BCUT2D eigenvalue weighted by Gasteiger charge is 2.41. The van der Waals surface area contributed by atoms with Gasteiger partial charge in [-0.05, 0) is 56.3 Å². The molecule has 5 heteroatoms. The maximum Gasteiger partial charge on any atom is 0.137 e. The minimum atomic E-state index is 0.160. The van der Waals surface area contributed by atoms with E-state index in [1.165, 1.54) is 25.7 Å². The monoisotopic (exact) mass is 309 g/mol. The molecule has 2 bridgehead atoms. The molecule has 0 amide bonds. The van der Waals surface area contributed by atoms with Gasteiger partial charge in [0.2, 0.25) is 0 Å². The average molecular weight is 310 g/mol. The largest absolute Gasteiger partial charge is 0.495 e. The van der Waals surface area contributed by atoms with Gasteiger partial charge in [0, 0.05) is 18.1 Å². The summed E-state index contributed by atoms with van der Waals surface area (Å²) in [5.41, 5.74) is 4.19. The topological polar surface area (TPSA) is 50.5 Å². The maximum atomic E-state index is 6.12. The van der Waals surface area contributed by atoms with Gasteiger partial charge in [-0.25, -0.2) is 0 Å². The lowest BCUT2D eigenvalue weighted by Gasteiger charge is -2.39. The fraction of sp³-hybridized carbons (Fsp3) is 0.625. The van der Waals surface area contributed by atoms with Crippen LogP contribution < -0.4 is 16.0 Å². The van der Waals surface area contributed by atoms with Crippen LogP contribution in [0.2, 0.25) is 5.02 Å². The molecule has 2 fully saturated rings. The Labute approximate surface area is 131 Å². The molecule has 3 unspecified atom stereocenters. The first-order chi connectivity index (χ1) is 10.1. The third-order valence-corrected chi connectivity index (χ3v) is 5.63. The highest BCUT2D eigenvalue weighted by atomic mass is 35.5. The molecule has 3 rings (SSSR count). The number of piperidine rings is 1. The lowest BCUT2D eigenvalue weighted by molar-refractivity contribution is 0.112. The summed E-state index contributed by atoms with van der Waals surface area (Å²) in [5.74, 6) is 7.15. The fourth-order valence-electron chi connectivity index (χ4n) is 4.10. The summed E-state index contributed by atoms with van der Waals surface area (Å²) in [5, 5.41) is 0.639. The van der Waals surface area contributed by atoms with Gasteiger partial charge in [0.25, 0.3) is 0 Å². The molecule has 2 aliphatic heterocycles. The zero-order chi connectivity index (χ0) is 15.0. The van der Waals surface area contributed by atoms with Crippen molar-refractivity contribution in [3.05, 3.63) is 28.8 Å². The highest BCUT2D eigenvalue weighted by molar-refractivity contribution is 6.32. The number of hydrogen-bond donors (Lipinski definition) is 2. The molecule has 2 aliphatic rings. The van der Waals surface area contributed by atoms with Gasteiger partial charge in [0.1, 0.15) is 5.75 Å². The Hall–Kier alpha value is -0.810. The van der Waals surface area contributed by atoms with Crippen LogP contribution in [0.4, 0.5) is 0 Å². The van der Waals surface area contributed by atoms with E-state index in [0.29, 0.717) is 28.8 Å². The first kappa shape index (κ1) is 15.1. The van der Waals surface area contributed by atoms with Crippen molar-refractivity contribution in [3.8, 4) is 5.75 Å². The summed E-state index contributed by atoms with van der Waals surface area (Å²) in [4.78, 5) is 2.55. The van der Waals surface area contributed by atoms with Crippen molar-refractivity contribution in [2.45, 2.75) is 43.8 Å². The number of methoxy groups -OCH3 is 1. The normalized spacial score (nSPS) is 30.4. The standard InChI is InChI=1S/C16H24ClN3O/c1-20-12-4-5-13(20)8-11(7-12)16(19-18)10-3-6-14(17)15(9-10)21-2/h3,6,9,11-13,16,19H,4-5,7-8,18H2,1-2H3. The molecule has 0 saturated carbocycles. The average Bonchev–Trinajstić information content (AvgIpc) is 2.72. The zero-order valence-electron chi connectivity index (χ0n) is 12.7. The van der Waals surface area contributed by atoms with Crippen molar-refractivity contribution in [2.75, 3.05) is 14.2 Å². The molecule has 0 spiro atoms. The van der Waals surface area contributed by atoms with E-state index in [-0.39, 0.29) is 6.04 Å². The number of nitrogens with one attached hydrogen (secondary N) is 1. The molecule has 116 valence electrons. The van der Waals surface area contributed by atoms with Gasteiger partial charge in [-0.2, -0.15) is 0 Å². The molecule has 1 aromatic rings. The predicted octanol–water partition coefficient (Wildman–Crippen LogP) is 2.73. The Balaban J connectivity index is 1.82. The lowest BCUT2D eigenvalue weighted by atomic mass is 9.82. The van der Waals surface area contributed by atoms with Crippen molar-refractivity contribution < 1.29 is 4.74 Å². The minimum absolute atomic E-state index is 0.160. The van der Waals surface area contributed by atoms with Gasteiger partial charge >= 0.3 is 0 Å². The predicted molar refractivity (Wildman–Crippen MR) is 85.4 cm³/mol. The molecule has 0 radical (unpaired) electrons. The van der Waals surface area contributed by atoms with Gasteiger partial charge in [-0.3, -0.25) is 11.3 Å². The number of rotatable bonds is 4. The molecule has 1 aromatic carbocycles. The van der Waals surface area contributed by atoms with E-state index in [0.717, 1.165) is 5.56 Å². The van der Waals surface area contributed by atoms with Crippen molar-refractivity contribution in [3.63, 3.8) is 0 Å². The summed E-state index contributed by atoms with van der Waals surface area (Å²) in [6.07, 6.45) is 5.04. The Morgan fingerprint density at radius 2 is 2.00 bits per heavy atom. The van der Waals surface area contributed by atoms with E-state index in [4.69, 9.17) is 22.2 Å². The van der Waals surface area contributed by atoms with E-state index in [1.54, 1.807) is 7.11 Å². The van der Waals surface area contributed by atoms with Gasteiger partial charge in [-0.15, -0.1) is 0 Å². The number of fused-ring (bicyclic) bond motifs is 2. The molecule has 2 saturated heterocycles. The number of ether oxygens (including phenoxy) is 1. The van der Waals surface area contributed by atoms with Gasteiger partial charge < -0.3 is 9.64 Å². The van der Waals surface area contributed by atoms with Crippen LogP contribution in [0.5, 0.6) is 5.75 Å². The van der Waals surface area contributed by atoms with Crippen LogP contribution in [0.15, 0.2) is 18.2 Å². The Bertz CT molecular complexity index is 496. The van der Waals surface area contributed by atoms with Crippen LogP contribution in [0.1, 0.15) is 37.3 Å². The number of benzene rings is 1. The molecule has 2 heterocycles. The SMILES string of the molecule is COc1cc(C(NN)C2CC3CCC(C2)N3C)ccc1Cl. The van der Waals surface area contributed by atoms with Crippen LogP contribution >= 0.6 is 11.6 Å². The van der Waals surface area contributed by atoms with Crippen molar-refractivity contribution >= 4 is 11.6 Å². The van der Waals surface area contributed by atoms with Gasteiger partial charge in [0.05, 0.1) is 12.1 Å². The molecule has 0 aromatic heterocycles. The maximum absolute atomic E-state index is 6.12. The second-order valence-electron chi connectivity index (χ2n) is 6.32. The first-order valence-electron chi connectivity index (χ1n) is 7.65. The van der Waals surface area contributed by atoms with Crippen LogP contribution in [-0.2, 0) is 0 Å².